The van der Waals surface area contributed by atoms with Crippen molar-refractivity contribution in [2.75, 3.05) is 6.54 Å². The van der Waals surface area contributed by atoms with Crippen molar-refractivity contribution >= 4 is 31.9 Å². The zero-order chi connectivity index (χ0) is 14.5. The fourth-order valence-corrected chi connectivity index (χ4v) is 3.25. The van der Waals surface area contributed by atoms with Crippen molar-refractivity contribution in [3.8, 4) is 5.75 Å². The lowest BCUT2D eigenvalue weighted by molar-refractivity contribution is 0.302. The van der Waals surface area contributed by atoms with Gasteiger partial charge in [-0.1, -0.05) is 30.3 Å². The Hall–Kier alpha value is -0.880. The van der Waals surface area contributed by atoms with Crippen molar-refractivity contribution in [3.05, 3.63) is 62.5 Å². The summed E-state index contributed by atoms with van der Waals surface area (Å²) in [6.07, 6.45) is 0. The molecular formula is C15H16Br2N2O. The molecule has 1 unspecified atom stereocenters. The van der Waals surface area contributed by atoms with Crippen LogP contribution in [-0.4, -0.2) is 6.54 Å². The molecule has 0 aliphatic rings. The van der Waals surface area contributed by atoms with Crippen molar-refractivity contribution in [1.29, 1.82) is 0 Å². The molecule has 2 aromatic carbocycles. The highest BCUT2D eigenvalue weighted by Gasteiger charge is 2.12. The highest BCUT2D eigenvalue weighted by molar-refractivity contribution is 9.11. The SMILES string of the molecule is NCC(N)c1cc(Br)c(OCc2ccccc2)c(Br)c1. The van der Waals surface area contributed by atoms with Crippen molar-refractivity contribution in [2.24, 2.45) is 11.5 Å². The molecule has 0 radical (unpaired) electrons. The van der Waals surface area contributed by atoms with Gasteiger partial charge in [-0.25, -0.2) is 0 Å². The number of halogens is 2. The molecule has 0 heterocycles. The molecule has 106 valence electrons. The molecule has 5 heteroatoms. The van der Waals surface area contributed by atoms with Crippen LogP contribution in [0.15, 0.2) is 51.4 Å². The molecule has 0 spiro atoms. The van der Waals surface area contributed by atoms with Crippen LogP contribution in [0.2, 0.25) is 0 Å². The molecular weight excluding hydrogens is 384 g/mol. The first-order chi connectivity index (χ1) is 9.61. The van der Waals surface area contributed by atoms with Crippen LogP contribution in [0, 0.1) is 0 Å². The summed E-state index contributed by atoms with van der Waals surface area (Å²) in [6, 6.07) is 13.7. The molecule has 0 aromatic heterocycles. The van der Waals surface area contributed by atoms with Crippen LogP contribution in [0.3, 0.4) is 0 Å². The van der Waals surface area contributed by atoms with E-state index in [-0.39, 0.29) is 6.04 Å². The van der Waals surface area contributed by atoms with Crippen molar-refractivity contribution in [1.82, 2.24) is 0 Å². The Morgan fingerprint density at radius 1 is 1.05 bits per heavy atom. The van der Waals surface area contributed by atoms with Crippen LogP contribution in [0.5, 0.6) is 5.75 Å². The summed E-state index contributed by atoms with van der Waals surface area (Å²) in [5.74, 6) is 0.766. The van der Waals surface area contributed by atoms with Crippen molar-refractivity contribution in [2.45, 2.75) is 12.6 Å². The quantitative estimate of drug-likeness (QED) is 0.804. The largest absolute Gasteiger partial charge is 0.487 e. The minimum atomic E-state index is -0.175. The van der Waals surface area contributed by atoms with Crippen LogP contribution in [0.25, 0.3) is 0 Å². The van der Waals surface area contributed by atoms with E-state index in [1.165, 1.54) is 0 Å². The van der Waals surface area contributed by atoms with Gasteiger partial charge in [0.2, 0.25) is 0 Å². The maximum atomic E-state index is 5.94. The van der Waals surface area contributed by atoms with Gasteiger partial charge in [0.1, 0.15) is 12.4 Å². The van der Waals surface area contributed by atoms with Crippen molar-refractivity contribution in [3.63, 3.8) is 0 Å². The molecule has 2 aromatic rings. The van der Waals surface area contributed by atoms with Crippen LogP contribution >= 0.6 is 31.9 Å². The predicted molar refractivity (Wildman–Crippen MR) is 88.6 cm³/mol. The Bertz CT molecular complexity index is 552. The van der Waals surface area contributed by atoms with Gasteiger partial charge >= 0.3 is 0 Å². The van der Waals surface area contributed by atoms with Gasteiger partial charge in [-0.05, 0) is 55.1 Å². The van der Waals surface area contributed by atoms with Gasteiger partial charge in [0.05, 0.1) is 8.95 Å². The molecule has 2 rings (SSSR count). The van der Waals surface area contributed by atoms with Gasteiger partial charge in [0.15, 0.2) is 0 Å². The smallest absolute Gasteiger partial charge is 0.148 e. The number of hydrogen-bond donors (Lipinski definition) is 2. The molecule has 0 aliphatic heterocycles. The number of nitrogens with two attached hydrogens (primary N) is 2. The molecule has 0 saturated heterocycles. The average molecular weight is 400 g/mol. The molecule has 0 fully saturated rings. The topological polar surface area (TPSA) is 61.3 Å². The minimum Gasteiger partial charge on any atom is -0.487 e. The van der Waals surface area contributed by atoms with E-state index in [1.807, 2.05) is 42.5 Å². The average Bonchev–Trinajstić information content (AvgIpc) is 2.46. The summed E-state index contributed by atoms with van der Waals surface area (Å²) < 4.78 is 7.58. The monoisotopic (exact) mass is 398 g/mol. The van der Waals surface area contributed by atoms with Crippen LogP contribution in [0.4, 0.5) is 0 Å². The molecule has 0 saturated carbocycles. The Labute approximate surface area is 135 Å². The fraction of sp³-hybridized carbons (Fsp3) is 0.200. The summed E-state index contributed by atoms with van der Waals surface area (Å²) in [5, 5.41) is 0. The second-order valence-corrected chi connectivity index (χ2v) is 6.14. The second-order valence-electron chi connectivity index (χ2n) is 4.43. The summed E-state index contributed by atoms with van der Waals surface area (Å²) >= 11 is 7.04. The van der Waals surface area contributed by atoms with Gasteiger partial charge in [-0.2, -0.15) is 0 Å². The van der Waals surface area contributed by atoms with E-state index in [0.717, 1.165) is 25.8 Å². The highest BCUT2D eigenvalue weighted by Crippen LogP contribution is 2.36. The summed E-state index contributed by atoms with van der Waals surface area (Å²) in [4.78, 5) is 0. The van der Waals surface area contributed by atoms with Gasteiger partial charge in [0.25, 0.3) is 0 Å². The van der Waals surface area contributed by atoms with E-state index >= 15 is 0 Å². The number of benzene rings is 2. The Morgan fingerprint density at radius 2 is 1.65 bits per heavy atom. The van der Waals surface area contributed by atoms with Gasteiger partial charge < -0.3 is 16.2 Å². The van der Waals surface area contributed by atoms with Crippen molar-refractivity contribution < 1.29 is 4.74 Å². The Kier molecular flexibility index (Phi) is 5.60. The Morgan fingerprint density at radius 3 is 2.20 bits per heavy atom. The van der Waals surface area contributed by atoms with Crippen LogP contribution in [0.1, 0.15) is 17.2 Å². The first kappa shape index (κ1) is 15.5. The third-order valence-corrected chi connectivity index (χ3v) is 4.11. The normalized spacial score (nSPS) is 12.2. The van der Waals surface area contributed by atoms with Gasteiger partial charge in [-0.15, -0.1) is 0 Å². The van der Waals surface area contributed by atoms with E-state index in [1.54, 1.807) is 0 Å². The summed E-state index contributed by atoms with van der Waals surface area (Å²) in [5.41, 5.74) is 13.6. The molecule has 20 heavy (non-hydrogen) atoms. The van der Waals surface area contributed by atoms with E-state index in [0.29, 0.717) is 13.2 Å². The van der Waals surface area contributed by atoms with E-state index in [4.69, 9.17) is 16.2 Å². The van der Waals surface area contributed by atoms with Gasteiger partial charge in [-0.3, -0.25) is 0 Å². The van der Waals surface area contributed by atoms with Gasteiger partial charge in [0, 0.05) is 12.6 Å². The molecule has 0 bridgehead atoms. The number of ether oxygens (including phenoxy) is 1. The molecule has 4 N–H and O–H groups in total. The highest BCUT2D eigenvalue weighted by atomic mass is 79.9. The lowest BCUT2D eigenvalue weighted by Gasteiger charge is -2.15. The summed E-state index contributed by atoms with van der Waals surface area (Å²) in [7, 11) is 0. The fourth-order valence-electron chi connectivity index (χ4n) is 1.80. The number of rotatable bonds is 5. The van der Waals surface area contributed by atoms with E-state index in [2.05, 4.69) is 31.9 Å². The zero-order valence-corrected chi connectivity index (χ0v) is 14.0. The number of hydrogen-bond acceptors (Lipinski definition) is 3. The first-order valence-electron chi connectivity index (χ1n) is 6.23. The molecule has 1 atom stereocenters. The predicted octanol–water partition coefficient (Wildman–Crippen LogP) is 3.75. The lowest BCUT2D eigenvalue weighted by atomic mass is 10.1. The van der Waals surface area contributed by atoms with E-state index in [9.17, 15) is 0 Å². The maximum Gasteiger partial charge on any atom is 0.148 e. The first-order valence-corrected chi connectivity index (χ1v) is 7.81. The lowest BCUT2D eigenvalue weighted by Crippen LogP contribution is -2.20. The molecule has 0 amide bonds. The third-order valence-electron chi connectivity index (χ3n) is 2.93. The zero-order valence-electron chi connectivity index (χ0n) is 10.9. The third kappa shape index (κ3) is 3.82. The molecule has 0 aliphatic carbocycles. The second kappa shape index (κ2) is 7.22. The maximum absolute atomic E-state index is 5.94. The van der Waals surface area contributed by atoms with E-state index < -0.39 is 0 Å². The van der Waals surface area contributed by atoms with Crippen LogP contribution in [-0.2, 0) is 6.61 Å². The molecule has 3 nitrogen and oxygen atoms in total. The van der Waals surface area contributed by atoms with Crippen LogP contribution < -0.4 is 16.2 Å². The minimum absolute atomic E-state index is 0.175. The Balaban J connectivity index is 2.16. The standard InChI is InChI=1S/C15H16Br2N2O/c16-12-6-11(14(19)8-18)7-13(17)15(12)20-9-10-4-2-1-3-5-10/h1-7,14H,8-9,18-19H2. The summed E-state index contributed by atoms with van der Waals surface area (Å²) in [6.45, 7) is 0.920.